The lowest BCUT2D eigenvalue weighted by atomic mass is 9.90. The third-order valence-electron chi connectivity index (χ3n) is 27.0. The summed E-state index contributed by atoms with van der Waals surface area (Å²) < 4.78 is 11.0. The molecule has 0 atom stereocenters. The molecule has 20 aromatic carbocycles. The maximum Gasteiger partial charge on any atom is 0.213 e. The van der Waals surface area contributed by atoms with Gasteiger partial charge in [0.1, 0.15) is 35.2 Å². The van der Waals surface area contributed by atoms with E-state index in [9.17, 15) is 0 Å². The molecule has 0 bridgehead atoms. The molecule has 5 nitrogen and oxygen atoms in total. The highest BCUT2D eigenvalue weighted by atomic mass is 14.9. The van der Waals surface area contributed by atoms with Gasteiger partial charge in [0.05, 0.1) is 27.8 Å². The molecule has 5 aromatic heterocycles. The van der Waals surface area contributed by atoms with E-state index in [1.54, 1.807) is 0 Å². The Labute approximate surface area is 895 Å². The summed E-state index contributed by atoms with van der Waals surface area (Å²) in [6.07, 6.45) is 10.6. The predicted octanol–water partition coefficient (Wildman–Crippen LogP) is 40.0. The Hall–Kier alpha value is -16.0. The lowest BCUT2D eigenvalue weighted by Crippen LogP contribution is -2.30. The standard InChI is InChI=1S/5C25H20N.10C2H6/c1-17-10-12-22-21-13-11-18-7-3-4-8-19(18)20(21)14-15-23(22)25(17)24-9-5-6-16-26(24)2;1-17-10-11-20-15-14-19-13-12-18-7-3-4-8-21(18)24(19)25(20)23(17)22-9-5-6-16-26(22)2;1-17-10-11-20-15-22-19(13-12-18-7-3-4-8-21(18)22)16-23(20)25(17)24-9-5-6-14-26(24)2;1-17-10-11-20-15-19-13-12-18-7-3-4-8-21(18)22(19)16-23(20)25(17)24-9-5-6-14-26(24)2;1-17-10-11-20-15-21-13-18-7-3-4-8-19(18)14-22(21)16-23(20)25(17)24-9-5-6-12-26(24)2;10*1-2/h5*3-16H,1-2H3;10*1-2H3/q5*+1;;;;;;;;;;. The number of hydrogen-bond acceptors (Lipinski definition) is 0. The number of fused-ring (bicyclic) bond motifs is 21. The van der Waals surface area contributed by atoms with Gasteiger partial charge in [-0.2, -0.15) is 0 Å². The SMILES string of the molecule is CC.CC.CC.CC.CC.CC.CC.CC.CC.CC.Cc1ccc2c(ccc3c4ccccc4ccc23)c1-c1cccc[n+]1C.Cc1ccc2cc3c(ccc4ccccc43)cc2c1-c1cccc[n+]1C.Cc1ccc2cc3cc4ccccc4cc3cc2c1-c1cccc[n+]1C.Cc1ccc2cc3ccc4ccccc4c3cc2c1-c1cccc[n+]1C.Cc1ccc2ccc3ccc4ccccc4c3c2c1-c1cccc[n+]1C. The summed E-state index contributed by atoms with van der Waals surface area (Å²) in [6.45, 7) is 51.0. The van der Waals surface area contributed by atoms with Gasteiger partial charge in [-0.05, 0) is 297 Å². The minimum atomic E-state index is 1.25. The Morgan fingerprint density at radius 2 is 0.320 bits per heavy atom. The number of aromatic nitrogens is 5. The fourth-order valence-corrected chi connectivity index (χ4v) is 20.4. The first-order chi connectivity index (χ1) is 73.6. The van der Waals surface area contributed by atoms with E-state index < -0.39 is 0 Å². The smallest absolute Gasteiger partial charge is 0.201 e. The van der Waals surface area contributed by atoms with Crippen molar-refractivity contribution in [1.82, 2.24) is 0 Å². The maximum absolute atomic E-state index is 2.38. The molecule has 760 valence electrons. The summed E-state index contributed by atoms with van der Waals surface area (Å²) in [5, 5.41) is 39.2. The van der Waals surface area contributed by atoms with Crippen LogP contribution in [0.25, 0.3) is 218 Å². The van der Waals surface area contributed by atoms with Gasteiger partial charge >= 0.3 is 0 Å². The third kappa shape index (κ3) is 24.4. The summed E-state index contributed by atoms with van der Waals surface area (Å²) >= 11 is 0. The molecule has 0 fully saturated rings. The van der Waals surface area contributed by atoms with Crippen LogP contribution in [0, 0.1) is 34.6 Å². The number of aryl methyl sites for hydroxylation is 10. The zero-order valence-corrected chi connectivity index (χ0v) is 95.2. The Kier molecular flexibility index (Phi) is 42.5. The largest absolute Gasteiger partial charge is 0.213 e. The van der Waals surface area contributed by atoms with E-state index in [1.165, 1.54) is 246 Å². The first-order valence-electron chi connectivity index (χ1n) is 55.1. The van der Waals surface area contributed by atoms with Crippen LogP contribution in [0.2, 0.25) is 0 Å². The average molecular weight is 1970 g/mol. The van der Waals surface area contributed by atoms with Crippen molar-refractivity contribution >= 4 is 162 Å². The van der Waals surface area contributed by atoms with Crippen LogP contribution in [0.4, 0.5) is 0 Å². The van der Waals surface area contributed by atoms with Crippen molar-refractivity contribution in [2.45, 2.75) is 173 Å². The molecule has 25 aromatic rings. The van der Waals surface area contributed by atoms with Crippen molar-refractivity contribution < 1.29 is 22.8 Å². The number of nitrogens with zero attached hydrogens (tertiary/aromatic N) is 5. The zero-order valence-electron chi connectivity index (χ0n) is 95.2. The van der Waals surface area contributed by atoms with Gasteiger partial charge in [0, 0.05) is 66.0 Å². The summed E-state index contributed by atoms with van der Waals surface area (Å²) in [7, 11) is 10.6. The first kappa shape index (κ1) is 114. The molecule has 0 aliphatic carbocycles. The molecule has 5 heterocycles. The van der Waals surface area contributed by atoms with Gasteiger partial charge in [-0.1, -0.05) is 393 Å². The summed E-state index contributed by atoms with van der Waals surface area (Å²) in [4.78, 5) is 0. The van der Waals surface area contributed by atoms with E-state index in [4.69, 9.17) is 0 Å². The maximum atomic E-state index is 2.38. The van der Waals surface area contributed by atoms with Gasteiger partial charge in [0.15, 0.2) is 31.0 Å². The Bertz CT molecular complexity index is 8650. The zero-order chi connectivity index (χ0) is 108. The lowest BCUT2D eigenvalue weighted by molar-refractivity contribution is -0.660. The highest BCUT2D eigenvalue weighted by molar-refractivity contribution is 6.25. The van der Waals surface area contributed by atoms with Crippen molar-refractivity contribution in [2.24, 2.45) is 35.2 Å². The molecule has 0 aliphatic rings. The minimum absolute atomic E-state index is 1.25. The van der Waals surface area contributed by atoms with Crippen LogP contribution in [0.3, 0.4) is 0 Å². The molecule has 0 aliphatic heterocycles. The van der Waals surface area contributed by atoms with Crippen LogP contribution in [-0.2, 0) is 35.2 Å². The number of rotatable bonds is 5. The van der Waals surface area contributed by atoms with E-state index in [0.717, 1.165) is 0 Å². The predicted molar refractivity (Wildman–Crippen MR) is 665 cm³/mol. The topological polar surface area (TPSA) is 19.4 Å². The van der Waals surface area contributed by atoms with Crippen LogP contribution in [0.15, 0.2) is 425 Å². The molecule has 0 N–H and O–H groups in total. The quantitative estimate of drug-likeness (QED) is 0.0930. The second-order valence-corrected chi connectivity index (χ2v) is 35.1. The van der Waals surface area contributed by atoms with E-state index in [2.05, 4.69) is 518 Å². The molecule has 0 amide bonds. The van der Waals surface area contributed by atoms with Gasteiger partial charge < -0.3 is 0 Å². The van der Waals surface area contributed by atoms with E-state index in [0.29, 0.717) is 0 Å². The third-order valence-corrected chi connectivity index (χ3v) is 27.0. The normalized spacial score (nSPS) is 10.3. The van der Waals surface area contributed by atoms with Gasteiger partial charge in [-0.25, -0.2) is 22.8 Å². The van der Waals surface area contributed by atoms with Crippen LogP contribution < -0.4 is 22.8 Å². The Balaban J connectivity index is 0.000000170. The first-order valence-corrected chi connectivity index (χ1v) is 55.1. The van der Waals surface area contributed by atoms with Gasteiger partial charge in [0.2, 0.25) is 28.5 Å². The van der Waals surface area contributed by atoms with E-state index in [1.807, 2.05) is 138 Å². The van der Waals surface area contributed by atoms with Crippen molar-refractivity contribution in [3.05, 3.63) is 453 Å². The van der Waals surface area contributed by atoms with Gasteiger partial charge in [-0.3, -0.25) is 0 Å². The monoisotopic (exact) mass is 1970 g/mol. The van der Waals surface area contributed by atoms with Crippen LogP contribution >= 0.6 is 0 Å². The molecule has 0 radical (unpaired) electrons. The Morgan fingerprint density at radius 3 is 0.720 bits per heavy atom. The summed E-state index contributed by atoms with van der Waals surface area (Å²) in [5.41, 5.74) is 19.4. The van der Waals surface area contributed by atoms with Crippen LogP contribution in [0.5, 0.6) is 0 Å². The van der Waals surface area contributed by atoms with E-state index >= 15 is 0 Å². The molecule has 5 heteroatoms. The average Bonchev–Trinajstić information content (AvgIpc) is 0.733. The number of pyridine rings is 5. The number of hydrogen-bond donors (Lipinski definition) is 0. The molecule has 0 spiro atoms. The second-order valence-electron chi connectivity index (χ2n) is 35.1. The Morgan fingerprint density at radius 1 is 0.120 bits per heavy atom. The fraction of sp³-hybridized carbons (Fsp3) is 0.207. The molecule has 0 unspecified atom stereocenters. The molecule has 150 heavy (non-hydrogen) atoms. The minimum Gasteiger partial charge on any atom is -0.201 e. The summed E-state index contributed by atoms with van der Waals surface area (Å²) in [5.74, 6) is 0. The van der Waals surface area contributed by atoms with Gasteiger partial charge in [-0.15, -0.1) is 0 Å². The van der Waals surface area contributed by atoms with Gasteiger partial charge in [0.25, 0.3) is 0 Å². The molecule has 25 rings (SSSR count). The number of benzene rings is 20. The summed E-state index contributed by atoms with van der Waals surface area (Å²) in [6, 6.07) is 143. The molecular formula is C145H160N5+5. The molecule has 0 saturated carbocycles. The molecular weight excluding hydrogens is 1810 g/mol. The van der Waals surface area contributed by atoms with Crippen molar-refractivity contribution in [2.75, 3.05) is 0 Å². The highest BCUT2D eigenvalue weighted by Gasteiger charge is 2.24. The van der Waals surface area contributed by atoms with Crippen LogP contribution in [-0.4, -0.2) is 0 Å². The fourth-order valence-electron chi connectivity index (χ4n) is 20.4. The highest BCUT2D eigenvalue weighted by Crippen LogP contribution is 2.44. The molecule has 0 saturated heterocycles. The van der Waals surface area contributed by atoms with E-state index in [-0.39, 0.29) is 0 Å². The van der Waals surface area contributed by atoms with Crippen molar-refractivity contribution in [1.29, 1.82) is 0 Å². The second kappa shape index (κ2) is 55.7. The van der Waals surface area contributed by atoms with Crippen LogP contribution in [0.1, 0.15) is 166 Å². The van der Waals surface area contributed by atoms with Crippen molar-refractivity contribution in [3.63, 3.8) is 0 Å². The lowest BCUT2D eigenvalue weighted by Gasteiger charge is -2.13. The van der Waals surface area contributed by atoms with Crippen molar-refractivity contribution in [3.8, 4) is 56.3 Å².